The summed E-state index contributed by atoms with van der Waals surface area (Å²) in [5, 5.41) is 30.4. The first-order valence-corrected chi connectivity index (χ1v) is 6.46. The third-order valence-corrected chi connectivity index (χ3v) is 3.84. The van der Waals surface area contributed by atoms with Gasteiger partial charge in [0.1, 0.15) is 0 Å². The first kappa shape index (κ1) is 14.9. The molecule has 0 bridgehead atoms. The highest BCUT2D eigenvalue weighted by Gasteiger charge is 2.48. The van der Waals surface area contributed by atoms with Crippen LogP contribution in [0.1, 0.15) is 18.9 Å². The molecule has 7 heteroatoms. The normalized spacial score (nSPS) is 25.2. The summed E-state index contributed by atoms with van der Waals surface area (Å²) >= 11 is 0. The lowest BCUT2D eigenvalue weighted by atomic mass is 9.81. The van der Waals surface area contributed by atoms with Gasteiger partial charge in [-0.25, -0.2) is 0 Å². The van der Waals surface area contributed by atoms with Crippen molar-refractivity contribution in [1.29, 1.82) is 10.5 Å². The summed E-state index contributed by atoms with van der Waals surface area (Å²) in [6.45, 7) is 2.48. The molecule has 0 amide bonds. The molecule has 0 unspecified atom stereocenters. The van der Waals surface area contributed by atoms with Crippen LogP contribution in [-0.4, -0.2) is 23.1 Å². The van der Waals surface area contributed by atoms with Crippen LogP contribution in [0.25, 0.3) is 0 Å². The molecule has 21 heavy (non-hydrogen) atoms. The Hall–Kier alpha value is -2.48. The fraction of sp³-hybridized carbons (Fsp3) is 0.429. The van der Waals surface area contributed by atoms with Crippen molar-refractivity contribution >= 4 is 5.69 Å². The Balaban J connectivity index is 2.37. The number of hydrogen-bond donors (Lipinski definition) is 0. The maximum absolute atomic E-state index is 10.7. The van der Waals surface area contributed by atoms with Crippen molar-refractivity contribution in [3.05, 3.63) is 39.9 Å². The summed E-state index contributed by atoms with van der Waals surface area (Å²) in [5.41, 5.74) is 0.0363. The van der Waals surface area contributed by atoms with Crippen LogP contribution in [0.2, 0.25) is 0 Å². The minimum Gasteiger partial charge on any atom is -0.297 e. The Kier molecular flexibility index (Phi) is 4.18. The third kappa shape index (κ3) is 2.57. The number of nitro benzene ring substituents is 1. The van der Waals surface area contributed by atoms with Crippen molar-refractivity contribution in [2.75, 3.05) is 13.2 Å². The molecule has 1 saturated heterocycles. The largest absolute Gasteiger partial charge is 0.297 e. The van der Waals surface area contributed by atoms with E-state index in [-0.39, 0.29) is 18.7 Å². The molecule has 0 aromatic heterocycles. The lowest BCUT2D eigenvalue weighted by molar-refractivity contribution is -0.384. The van der Waals surface area contributed by atoms with Gasteiger partial charge in [-0.2, -0.15) is 15.6 Å². The van der Waals surface area contributed by atoms with Gasteiger partial charge in [-0.1, -0.05) is 12.1 Å². The highest BCUT2D eigenvalue weighted by atomic mass is 16.7. The maximum Gasteiger partial charge on any atom is 0.269 e. The molecule has 1 aliphatic heterocycles. The van der Waals surface area contributed by atoms with Gasteiger partial charge in [-0.05, 0) is 12.5 Å². The van der Waals surface area contributed by atoms with Crippen LogP contribution in [0.5, 0.6) is 0 Å². The van der Waals surface area contributed by atoms with Gasteiger partial charge in [0.15, 0.2) is 0 Å². The second-order valence-corrected chi connectivity index (χ2v) is 4.94. The van der Waals surface area contributed by atoms with Gasteiger partial charge in [0, 0.05) is 18.7 Å². The van der Waals surface area contributed by atoms with Gasteiger partial charge in [0.25, 0.3) is 5.69 Å². The minimum absolute atomic E-state index is 0.00153. The van der Waals surface area contributed by atoms with E-state index in [1.165, 1.54) is 12.1 Å². The Morgan fingerprint density at radius 2 is 2.14 bits per heavy atom. The number of rotatable bonds is 4. The average molecular weight is 286 g/mol. The molecule has 0 saturated carbocycles. The standard InChI is InChI=1S/C14H14N4O3/c1-14(11-3-5-13(6-4-11)18(19)20)12(9-16)10-21-17(14)8-2-7-15/h3-6,12H,2,8,10H2,1H3/t12-,14+/m0/s1. The lowest BCUT2D eigenvalue weighted by Crippen LogP contribution is -2.42. The van der Waals surface area contributed by atoms with E-state index in [0.29, 0.717) is 6.54 Å². The van der Waals surface area contributed by atoms with Crippen molar-refractivity contribution < 1.29 is 9.76 Å². The van der Waals surface area contributed by atoms with Crippen molar-refractivity contribution in [3.63, 3.8) is 0 Å². The van der Waals surface area contributed by atoms with Crippen LogP contribution in [0, 0.1) is 38.7 Å². The number of non-ortho nitro benzene ring substituents is 1. The Morgan fingerprint density at radius 3 is 2.67 bits per heavy atom. The molecule has 2 atom stereocenters. The number of nitriles is 2. The maximum atomic E-state index is 10.7. The summed E-state index contributed by atoms with van der Waals surface area (Å²) < 4.78 is 0. The van der Waals surface area contributed by atoms with E-state index in [1.54, 1.807) is 17.2 Å². The summed E-state index contributed by atoms with van der Waals surface area (Å²) in [7, 11) is 0. The molecule has 0 aliphatic carbocycles. The van der Waals surface area contributed by atoms with E-state index in [2.05, 4.69) is 6.07 Å². The average Bonchev–Trinajstić information content (AvgIpc) is 2.82. The molecule has 7 nitrogen and oxygen atoms in total. The van der Waals surface area contributed by atoms with Crippen LogP contribution in [0.15, 0.2) is 24.3 Å². The van der Waals surface area contributed by atoms with Gasteiger partial charge in [-0.15, -0.1) is 0 Å². The van der Waals surface area contributed by atoms with Crippen LogP contribution >= 0.6 is 0 Å². The lowest BCUT2D eigenvalue weighted by Gasteiger charge is -2.34. The van der Waals surface area contributed by atoms with Crippen LogP contribution < -0.4 is 0 Å². The first-order chi connectivity index (χ1) is 10.0. The zero-order valence-electron chi connectivity index (χ0n) is 11.5. The Labute approximate surface area is 122 Å². The third-order valence-electron chi connectivity index (χ3n) is 3.84. The molecule has 108 valence electrons. The quantitative estimate of drug-likeness (QED) is 0.620. The molecule has 1 aromatic carbocycles. The molecule has 1 heterocycles. The van der Waals surface area contributed by atoms with Crippen molar-refractivity contribution in [3.8, 4) is 12.1 Å². The number of nitrogens with zero attached hydrogens (tertiary/aromatic N) is 4. The highest BCUT2D eigenvalue weighted by Crippen LogP contribution is 2.41. The van der Waals surface area contributed by atoms with E-state index in [9.17, 15) is 15.4 Å². The number of benzene rings is 1. The predicted molar refractivity (Wildman–Crippen MR) is 72.4 cm³/mol. The topological polar surface area (TPSA) is 103 Å². The van der Waals surface area contributed by atoms with E-state index in [4.69, 9.17) is 10.1 Å². The number of nitro groups is 1. The summed E-state index contributed by atoms with van der Waals surface area (Å²) in [4.78, 5) is 15.8. The van der Waals surface area contributed by atoms with Gasteiger partial charge in [0.05, 0.1) is 41.5 Å². The first-order valence-electron chi connectivity index (χ1n) is 6.46. The minimum atomic E-state index is -0.721. The molecule has 0 N–H and O–H groups in total. The molecule has 1 aliphatic rings. The van der Waals surface area contributed by atoms with Gasteiger partial charge < -0.3 is 0 Å². The predicted octanol–water partition coefficient (Wildman–Crippen LogP) is 2.11. The summed E-state index contributed by atoms with van der Waals surface area (Å²) in [6.07, 6.45) is 0.278. The van der Waals surface area contributed by atoms with Crippen LogP contribution in [0.4, 0.5) is 5.69 Å². The molecule has 1 aromatic rings. The Bertz CT molecular complexity index is 617. The fourth-order valence-corrected chi connectivity index (χ4v) is 2.51. The zero-order valence-corrected chi connectivity index (χ0v) is 11.5. The second kappa shape index (κ2) is 5.88. The monoisotopic (exact) mass is 286 g/mol. The molecule has 0 spiro atoms. The zero-order chi connectivity index (χ0) is 15.5. The molecule has 2 rings (SSSR count). The van der Waals surface area contributed by atoms with Gasteiger partial charge >= 0.3 is 0 Å². The SMILES string of the molecule is C[C@@]1(c2ccc([N+](=O)[O-])cc2)[C@@H](C#N)CON1CCC#N. The molecule has 1 fully saturated rings. The molecule has 0 radical (unpaired) electrons. The molecular formula is C14H14N4O3. The van der Waals surface area contributed by atoms with E-state index in [0.717, 1.165) is 5.56 Å². The van der Waals surface area contributed by atoms with Gasteiger partial charge in [-0.3, -0.25) is 15.0 Å². The number of hydroxylamine groups is 2. The summed E-state index contributed by atoms with van der Waals surface area (Å²) in [5.74, 6) is -0.405. The Morgan fingerprint density at radius 1 is 1.48 bits per heavy atom. The van der Waals surface area contributed by atoms with E-state index < -0.39 is 16.4 Å². The number of hydrogen-bond acceptors (Lipinski definition) is 6. The summed E-state index contributed by atoms with van der Waals surface area (Å²) in [6, 6.07) is 10.4. The smallest absolute Gasteiger partial charge is 0.269 e. The van der Waals surface area contributed by atoms with Crippen molar-refractivity contribution in [2.45, 2.75) is 18.9 Å². The van der Waals surface area contributed by atoms with E-state index in [1.807, 2.05) is 13.0 Å². The fourth-order valence-electron chi connectivity index (χ4n) is 2.51. The second-order valence-electron chi connectivity index (χ2n) is 4.94. The highest BCUT2D eigenvalue weighted by molar-refractivity contribution is 5.37. The van der Waals surface area contributed by atoms with Gasteiger partial charge in [0.2, 0.25) is 0 Å². The van der Waals surface area contributed by atoms with E-state index >= 15 is 0 Å². The van der Waals surface area contributed by atoms with Crippen molar-refractivity contribution in [2.24, 2.45) is 5.92 Å². The van der Waals surface area contributed by atoms with Crippen LogP contribution in [0.3, 0.4) is 0 Å². The molecular weight excluding hydrogens is 272 g/mol. The van der Waals surface area contributed by atoms with Crippen LogP contribution in [-0.2, 0) is 10.4 Å². The van der Waals surface area contributed by atoms with Crippen molar-refractivity contribution in [1.82, 2.24) is 5.06 Å².